The van der Waals surface area contributed by atoms with Crippen LogP contribution in [0.15, 0.2) is 22.7 Å². The van der Waals surface area contributed by atoms with E-state index in [0.29, 0.717) is 6.04 Å². The Morgan fingerprint density at radius 3 is 2.81 bits per heavy atom. The van der Waals surface area contributed by atoms with Crippen LogP contribution in [0, 0.1) is 0 Å². The molecule has 0 bridgehead atoms. The molecule has 3 heteroatoms. The van der Waals surface area contributed by atoms with Gasteiger partial charge in [0.15, 0.2) is 0 Å². The minimum absolute atomic E-state index is 0.154. The van der Waals surface area contributed by atoms with Gasteiger partial charge < -0.3 is 10.6 Å². The molecule has 2 nitrogen and oxygen atoms in total. The summed E-state index contributed by atoms with van der Waals surface area (Å²) in [6.45, 7) is 7.68. The summed E-state index contributed by atoms with van der Waals surface area (Å²) in [5, 5.41) is 7.14. The number of hydrogen-bond donors (Lipinski definition) is 2. The van der Waals surface area contributed by atoms with Gasteiger partial charge in [-0.15, -0.1) is 0 Å². The molecule has 0 saturated heterocycles. The summed E-state index contributed by atoms with van der Waals surface area (Å²) in [7, 11) is 0. The zero-order valence-corrected chi connectivity index (χ0v) is 11.7. The standard InChI is InChI=1S/C13H19BrN2/c1-13(2,3)16-11-7-8-15-12-9(11)5-4-6-10(12)14/h4-6,11,15-16H,7-8H2,1-3H3. The molecule has 0 aliphatic carbocycles. The Labute approximate surface area is 106 Å². The van der Waals surface area contributed by atoms with E-state index >= 15 is 0 Å². The number of rotatable bonds is 1. The van der Waals surface area contributed by atoms with Crippen molar-refractivity contribution in [1.82, 2.24) is 5.32 Å². The maximum absolute atomic E-state index is 3.68. The Morgan fingerprint density at radius 2 is 2.12 bits per heavy atom. The molecule has 2 N–H and O–H groups in total. The third-order valence-electron chi connectivity index (χ3n) is 2.76. The summed E-state index contributed by atoms with van der Waals surface area (Å²) >= 11 is 3.60. The maximum atomic E-state index is 3.68. The van der Waals surface area contributed by atoms with Crippen LogP contribution in [0.25, 0.3) is 0 Å². The first-order chi connectivity index (χ1) is 7.47. The van der Waals surface area contributed by atoms with Gasteiger partial charge in [-0.1, -0.05) is 12.1 Å². The first-order valence-corrected chi connectivity index (χ1v) is 6.57. The van der Waals surface area contributed by atoms with Crippen molar-refractivity contribution in [1.29, 1.82) is 0 Å². The lowest BCUT2D eigenvalue weighted by Gasteiger charge is -2.33. The smallest absolute Gasteiger partial charge is 0.0533 e. The van der Waals surface area contributed by atoms with Crippen LogP contribution < -0.4 is 10.6 Å². The molecule has 88 valence electrons. The van der Waals surface area contributed by atoms with E-state index < -0.39 is 0 Å². The molecule has 1 aromatic rings. The van der Waals surface area contributed by atoms with Crippen molar-refractivity contribution in [3.05, 3.63) is 28.2 Å². The Kier molecular flexibility index (Phi) is 3.27. The molecule has 1 atom stereocenters. The van der Waals surface area contributed by atoms with Gasteiger partial charge in [0, 0.05) is 22.6 Å². The lowest BCUT2D eigenvalue weighted by Crippen LogP contribution is -2.41. The number of anilines is 1. The topological polar surface area (TPSA) is 24.1 Å². The van der Waals surface area contributed by atoms with Gasteiger partial charge in [0.1, 0.15) is 0 Å². The average molecular weight is 283 g/mol. The molecular weight excluding hydrogens is 264 g/mol. The summed E-state index contributed by atoms with van der Waals surface area (Å²) in [5.41, 5.74) is 2.77. The summed E-state index contributed by atoms with van der Waals surface area (Å²) in [6.07, 6.45) is 1.14. The highest BCUT2D eigenvalue weighted by molar-refractivity contribution is 9.10. The first-order valence-electron chi connectivity index (χ1n) is 5.77. The van der Waals surface area contributed by atoms with Crippen LogP contribution in [-0.2, 0) is 0 Å². The monoisotopic (exact) mass is 282 g/mol. The van der Waals surface area contributed by atoms with Crippen LogP contribution in [0.1, 0.15) is 38.8 Å². The molecule has 1 aromatic carbocycles. The zero-order valence-electron chi connectivity index (χ0n) is 10.1. The molecule has 0 aromatic heterocycles. The van der Waals surface area contributed by atoms with E-state index in [1.54, 1.807) is 0 Å². The van der Waals surface area contributed by atoms with Gasteiger partial charge in [0.25, 0.3) is 0 Å². The third kappa shape index (κ3) is 2.58. The van der Waals surface area contributed by atoms with E-state index in [-0.39, 0.29) is 5.54 Å². The van der Waals surface area contributed by atoms with Gasteiger partial charge in [-0.2, -0.15) is 0 Å². The minimum Gasteiger partial charge on any atom is -0.384 e. The lowest BCUT2D eigenvalue weighted by molar-refractivity contribution is 0.351. The fraction of sp³-hybridized carbons (Fsp3) is 0.538. The number of nitrogens with one attached hydrogen (secondary N) is 2. The molecular formula is C13H19BrN2. The van der Waals surface area contributed by atoms with Gasteiger partial charge in [0.2, 0.25) is 0 Å². The molecule has 0 spiro atoms. The Bertz CT molecular complexity index is 382. The molecule has 2 rings (SSSR count). The summed E-state index contributed by atoms with van der Waals surface area (Å²) in [5.74, 6) is 0. The van der Waals surface area contributed by atoms with Crippen molar-refractivity contribution < 1.29 is 0 Å². The molecule has 1 unspecified atom stereocenters. The average Bonchev–Trinajstić information content (AvgIpc) is 2.17. The minimum atomic E-state index is 0.154. The van der Waals surface area contributed by atoms with Crippen molar-refractivity contribution in [3.63, 3.8) is 0 Å². The molecule has 0 fully saturated rings. The van der Waals surface area contributed by atoms with Crippen LogP contribution in [0.4, 0.5) is 5.69 Å². The van der Waals surface area contributed by atoms with E-state index in [1.165, 1.54) is 11.3 Å². The van der Waals surface area contributed by atoms with Crippen LogP contribution >= 0.6 is 15.9 Å². The SMILES string of the molecule is CC(C)(C)NC1CCNc2c(Br)cccc21. The summed E-state index contributed by atoms with van der Waals surface area (Å²) in [6, 6.07) is 6.85. The highest BCUT2D eigenvalue weighted by atomic mass is 79.9. The zero-order chi connectivity index (χ0) is 11.8. The molecule has 0 radical (unpaired) electrons. The van der Waals surface area contributed by atoms with E-state index in [9.17, 15) is 0 Å². The second-order valence-corrected chi connectivity index (χ2v) is 6.22. The van der Waals surface area contributed by atoms with Gasteiger partial charge >= 0.3 is 0 Å². The largest absolute Gasteiger partial charge is 0.384 e. The predicted molar refractivity (Wildman–Crippen MR) is 72.9 cm³/mol. The Hall–Kier alpha value is -0.540. The second kappa shape index (κ2) is 4.38. The van der Waals surface area contributed by atoms with Crippen LogP contribution in [0.3, 0.4) is 0 Å². The van der Waals surface area contributed by atoms with E-state index in [2.05, 4.69) is 65.5 Å². The van der Waals surface area contributed by atoms with E-state index in [0.717, 1.165) is 17.4 Å². The number of hydrogen-bond acceptors (Lipinski definition) is 2. The van der Waals surface area contributed by atoms with Crippen molar-refractivity contribution in [3.8, 4) is 0 Å². The van der Waals surface area contributed by atoms with E-state index in [1.807, 2.05) is 0 Å². The molecule has 0 saturated carbocycles. The first kappa shape index (κ1) is 11.9. The highest BCUT2D eigenvalue weighted by Crippen LogP contribution is 2.36. The summed E-state index contributed by atoms with van der Waals surface area (Å²) in [4.78, 5) is 0. The number of halogens is 1. The fourth-order valence-corrected chi connectivity index (χ4v) is 2.71. The lowest BCUT2D eigenvalue weighted by atomic mass is 9.95. The predicted octanol–water partition coefficient (Wildman–Crippen LogP) is 3.69. The molecule has 1 aliphatic heterocycles. The van der Waals surface area contributed by atoms with Gasteiger partial charge in [-0.25, -0.2) is 0 Å². The summed E-state index contributed by atoms with van der Waals surface area (Å²) < 4.78 is 1.16. The van der Waals surface area contributed by atoms with Crippen molar-refractivity contribution >= 4 is 21.6 Å². The highest BCUT2D eigenvalue weighted by Gasteiger charge is 2.24. The van der Waals surface area contributed by atoms with E-state index in [4.69, 9.17) is 0 Å². The van der Waals surface area contributed by atoms with Crippen molar-refractivity contribution in [2.75, 3.05) is 11.9 Å². The number of para-hydroxylation sites is 1. The van der Waals surface area contributed by atoms with Gasteiger partial charge in [-0.3, -0.25) is 0 Å². The Morgan fingerprint density at radius 1 is 1.38 bits per heavy atom. The van der Waals surface area contributed by atoms with Gasteiger partial charge in [-0.05, 0) is 54.8 Å². The molecule has 16 heavy (non-hydrogen) atoms. The Balaban J connectivity index is 2.30. The van der Waals surface area contributed by atoms with Gasteiger partial charge in [0.05, 0.1) is 5.69 Å². The second-order valence-electron chi connectivity index (χ2n) is 5.37. The normalized spacial score (nSPS) is 20.1. The fourth-order valence-electron chi connectivity index (χ4n) is 2.19. The van der Waals surface area contributed by atoms with Crippen LogP contribution in [0.5, 0.6) is 0 Å². The number of benzene rings is 1. The molecule has 0 amide bonds. The molecule has 1 heterocycles. The number of fused-ring (bicyclic) bond motifs is 1. The van der Waals surface area contributed by atoms with Crippen molar-refractivity contribution in [2.24, 2.45) is 0 Å². The van der Waals surface area contributed by atoms with Crippen molar-refractivity contribution in [2.45, 2.75) is 38.8 Å². The third-order valence-corrected chi connectivity index (χ3v) is 3.42. The maximum Gasteiger partial charge on any atom is 0.0533 e. The van der Waals surface area contributed by atoms with Crippen LogP contribution in [-0.4, -0.2) is 12.1 Å². The van der Waals surface area contributed by atoms with Crippen LogP contribution in [0.2, 0.25) is 0 Å². The quantitative estimate of drug-likeness (QED) is 0.821. The molecule has 1 aliphatic rings.